The summed E-state index contributed by atoms with van der Waals surface area (Å²) in [4.78, 5) is 24.8. The van der Waals surface area contributed by atoms with Crippen molar-refractivity contribution in [3.05, 3.63) is 78.0 Å². The molecule has 0 aliphatic rings. The topological polar surface area (TPSA) is 106 Å². The molecule has 0 spiro atoms. The Kier molecular flexibility index (Phi) is 5.31. The molecular weight excluding hydrogens is 425 g/mol. The van der Waals surface area contributed by atoms with E-state index in [1.807, 2.05) is 0 Å². The van der Waals surface area contributed by atoms with Crippen LogP contribution in [-0.2, 0) is 6.18 Å². The lowest BCUT2D eigenvalue weighted by Crippen LogP contribution is -2.14. The summed E-state index contributed by atoms with van der Waals surface area (Å²) in [6.45, 7) is 1.60. The van der Waals surface area contributed by atoms with E-state index >= 15 is 0 Å². The molecule has 162 valence electrons. The molecule has 8 nitrogen and oxygen atoms in total. The Morgan fingerprint density at radius 3 is 2.41 bits per heavy atom. The number of hydrogen-bond acceptors (Lipinski definition) is 6. The zero-order valence-electron chi connectivity index (χ0n) is 16.5. The Labute approximate surface area is 179 Å². The van der Waals surface area contributed by atoms with Gasteiger partial charge in [-0.05, 0) is 31.2 Å². The Balaban J connectivity index is 1.50. The van der Waals surface area contributed by atoms with Gasteiger partial charge in [-0.1, -0.05) is 12.1 Å². The number of pyridine rings is 1. The minimum absolute atomic E-state index is 0.0819. The van der Waals surface area contributed by atoms with Crippen molar-refractivity contribution >= 4 is 11.6 Å². The van der Waals surface area contributed by atoms with E-state index in [4.69, 9.17) is 0 Å². The van der Waals surface area contributed by atoms with Crippen molar-refractivity contribution in [3.8, 4) is 23.0 Å². The molecule has 0 radical (unpaired) electrons. The number of phenolic OH excluding ortho intramolecular Hbond substituents is 1. The number of alkyl halides is 3. The number of phenols is 1. The molecule has 0 saturated carbocycles. The number of aromatic nitrogens is 5. The maximum absolute atomic E-state index is 12.7. The Morgan fingerprint density at radius 1 is 1.03 bits per heavy atom. The number of rotatable bonds is 4. The highest BCUT2D eigenvalue weighted by Crippen LogP contribution is 2.29. The molecule has 32 heavy (non-hydrogen) atoms. The summed E-state index contributed by atoms with van der Waals surface area (Å²) in [7, 11) is 0. The van der Waals surface area contributed by atoms with Crippen molar-refractivity contribution in [2.45, 2.75) is 13.1 Å². The summed E-state index contributed by atoms with van der Waals surface area (Å²) in [5.74, 6) is 0.109. The van der Waals surface area contributed by atoms with E-state index in [0.717, 1.165) is 6.07 Å². The summed E-state index contributed by atoms with van der Waals surface area (Å²) in [5, 5.41) is 16.3. The molecule has 3 aromatic heterocycles. The van der Waals surface area contributed by atoms with Crippen molar-refractivity contribution in [1.82, 2.24) is 24.7 Å². The standard InChI is InChI=1S/C21H15F3N6O2/c1-12-17(11-28-30(12)18-6-5-14(8-25-18)21(22,23)24)20(32)29-15-9-26-19(27-10-15)13-3-2-4-16(31)7-13/h2-11,31H,1H3,(H,29,32). The number of aromatic hydroxyl groups is 1. The van der Waals surface area contributed by atoms with E-state index in [0.29, 0.717) is 29.0 Å². The molecule has 0 aliphatic carbocycles. The van der Waals surface area contributed by atoms with E-state index in [1.165, 1.54) is 41.5 Å². The first-order valence-corrected chi connectivity index (χ1v) is 9.23. The summed E-state index contributed by atoms with van der Waals surface area (Å²) in [6, 6.07) is 8.52. The van der Waals surface area contributed by atoms with Gasteiger partial charge in [0, 0.05) is 11.8 Å². The van der Waals surface area contributed by atoms with Crippen LogP contribution in [0, 0.1) is 6.92 Å². The van der Waals surface area contributed by atoms with Gasteiger partial charge < -0.3 is 10.4 Å². The fourth-order valence-electron chi connectivity index (χ4n) is 2.93. The van der Waals surface area contributed by atoms with Gasteiger partial charge in [-0.25, -0.2) is 19.6 Å². The fraction of sp³-hybridized carbons (Fsp3) is 0.0952. The van der Waals surface area contributed by atoms with Gasteiger partial charge in [0.05, 0.1) is 41.1 Å². The molecule has 2 N–H and O–H groups in total. The zero-order chi connectivity index (χ0) is 22.9. The predicted octanol–water partition coefficient (Wildman–Crippen LogP) is 4.01. The van der Waals surface area contributed by atoms with E-state index in [9.17, 15) is 23.1 Å². The van der Waals surface area contributed by atoms with Crippen LogP contribution in [0.15, 0.2) is 61.2 Å². The second-order valence-electron chi connectivity index (χ2n) is 6.76. The molecule has 0 saturated heterocycles. The van der Waals surface area contributed by atoms with Crippen LogP contribution in [0.3, 0.4) is 0 Å². The number of anilines is 1. The van der Waals surface area contributed by atoms with Crippen molar-refractivity contribution in [1.29, 1.82) is 0 Å². The number of benzene rings is 1. The molecule has 0 bridgehead atoms. The van der Waals surface area contributed by atoms with Crippen LogP contribution in [0.25, 0.3) is 17.2 Å². The van der Waals surface area contributed by atoms with Crippen LogP contribution in [0.4, 0.5) is 18.9 Å². The molecule has 0 unspecified atom stereocenters. The maximum Gasteiger partial charge on any atom is 0.417 e. The van der Waals surface area contributed by atoms with E-state index < -0.39 is 17.6 Å². The van der Waals surface area contributed by atoms with Gasteiger partial charge in [-0.2, -0.15) is 18.3 Å². The van der Waals surface area contributed by atoms with Crippen LogP contribution < -0.4 is 5.32 Å². The third-order valence-corrected chi connectivity index (χ3v) is 4.56. The first-order valence-electron chi connectivity index (χ1n) is 9.23. The lowest BCUT2D eigenvalue weighted by Gasteiger charge is -2.08. The van der Waals surface area contributed by atoms with Gasteiger partial charge in [-0.3, -0.25) is 4.79 Å². The van der Waals surface area contributed by atoms with Gasteiger partial charge in [0.1, 0.15) is 5.75 Å². The summed E-state index contributed by atoms with van der Waals surface area (Å²) >= 11 is 0. The normalized spacial score (nSPS) is 11.4. The van der Waals surface area contributed by atoms with Gasteiger partial charge in [0.25, 0.3) is 5.91 Å². The molecule has 11 heteroatoms. The van der Waals surface area contributed by atoms with E-state index in [1.54, 1.807) is 19.1 Å². The zero-order valence-corrected chi connectivity index (χ0v) is 16.5. The molecule has 4 aromatic rings. The Hall–Kier alpha value is -4.28. The summed E-state index contributed by atoms with van der Waals surface area (Å²) < 4.78 is 39.4. The highest BCUT2D eigenvalue weighted by Gasteiger charge is 2.30. The maximum atomic E-state index is 12.7. The van der Waals surface area contributed by atoms with Gasteiger partial charge in [-0.15, -0.1) is 0 Å². The van der Waals surface area contributed by atoms with Crippen molar-refractivity contribution in [2.24, 2.45) is 0 Å². The predicted molar refractivity (Wildman–Crippen MR) is 108 cm³/mol. The Morgan fingerprint density at radius 2 is 1.78 bits per heavy atom. The molecule has 0 atom stereocenters. The summed E-state index contributed by atoms with van der Waals surface area (Å²) in [6.07, 6.45) is 0.352. The second-order valence-corrected chi connectivity index (χ2v) is 6.76. The van der Waals surface area contributed by atoms with E-state index in [2.05, 4.69) is 25.4 Å². The lowest BCUT2D eigenvalue weighted by molar-refractivity contribution is -0.137. The van der Waals surface area contributed by atoms with Crippen molar-refractivity contribution < 1.29 is 23.1 Å². The monoisotopic (exact) mass is 440 g/mol. The molecule has 0 aliphatic heterocycles. The average Bonchev–Trinajstić information content (AvgIpc) is 3.15. The third kappa shape index (κ3) is 4.26. The van der Waals surface area contributed by atoms with E-state index in [-0.39, 0.29) is 17.1 Å². The molecule has 1 amide bonds. The van der Waals surface area contributed by atoms with Crippen LogP contribution >= 0.6 is 0 Å². The molecule has 3 heterocycles. The van der Waals surface area contributed by atoms with Crippen LogP contribution in [-0.4, -0.2) is 35.7 Å². The largest absolute Gasteiger partial charge is 0.508 e. The fourth-order valence-corrected chi connectivity index (χ4v) is 2.93. The van der Waals surface area contributed by atoms with Crippen molar-refractivity contribution in [2.75, 3.05) is 5.32 Å². The molecular formula is C21H15F3N6O2. The quantitative estimate of drug-likeness (QED) is 0.497. The lowest BCUT2D eigenvalue weighted by atomic mass is 10.2. The number of hydrogen-bond donors (Lipinski definition) is 2. The average molecular weight is 440 g/mol. The number of amides is 1. The number of nitrogens with zero attached hydrogens (tertiary/aromatic N) is 5. The number of nitrogens with one attached hydrogen (secondary N) is 1. The highest BCUT2D eigenvalue weighted by molar-refractivity contribution is 6.04. The first kappa shape index (κ1) is 21.0. The molecule has 4 rings (SSSR count). The number of carbonyl (C=O) groups excluding carboxylic acids is 1. The third-order valence-electron chi connectivity index (χ3n) is 4.56. The molecule has 1 aromatic carbocycles. The van der Waals surface area contributed by atoms with Gasteiger partial charge in [0.15, 0.2) is 11.6 Å². The number of carbonyl (C=O) groups is 1. The second kappa shape index (κ2) is 8.10. The first-order chi connectivity index (χ1) is 15.2. The van der Waals surface area contributed by atoms with Crippen molar-refractivity contribution in [3.63, 3.8) is 0 Å². The summed E-state index contributed by atoms with van der Waals surface area (Å²) in [5.41, 5.74) is 0.678. The highest BCUT2D eigenvalue weighted by atomic mass is 19.4. The molecule has 0 fully saturated rings. The Bertz CT molecular complexity index is 1270. The van der Waals surface area contributed by atoms with Crippen LogP contribution in [0.5, 0.6) is 5.75 Å². The van der Waals surface area contributed by atoms with Gasteiger partial charge >= 0.3 is 6.18 Å². The smallest absolute Gasteiger partial charge is 0.417 e. The number of halogens is 3. The minimum atomic E-state index is -4.49. The minimum Gasteiger partial charge on any atom is -0.508 e. The van der Waals surface area contributed by atoms with Crippen LogP contribution in [0.2, 0.25) is 0 Å². The van der Waals surface area contributed by atoms with Crippen LogP contribution in [0.1, 0.15) is 21.6 Å². The van der Waals surface area contributed by atoms with Gasteiger partial charge in [0.2, 0.25) is 0 Å². The SMILES string of the molecule is Cc1c(C(=O)Nc2cnc(-c3cccc(O)c3)nc2)cnn1-c1ccc(C(F)(F)F)cn1.